The second-order valence-corrected chi connectivity index (χ2v) is 9.56. The number of nitrogens with one attached hydrogen (secondary N) is 2. The van der Waals surface area contributed by atoms with Crippen LogP contribution in [0.3, 0.4) is 0 Å². The first-order chi connectivity index (χ1) is 15.3. The molecule has 0 spiro atoms. The van der Waals surface area contributed by atoms with Gasteiger partial charge in [-0.05, 0) is 43.5 Å². The van der Waals surface area contributed by atoms with Gasteiger partial charge in [-0.25, -0.2) is 8.42 Å². The molecule has 2 amide bonds. The highest BCUT2D eigenvalue weighted by atomic mass is 32.2. The molecule has 1 saturated heterocycles. The summed E-state index contributed by atoms with van der Waals surface area (Å²) in [6, 6.07) is 14.2. The molecule has 0 aromatic heterocycles. The van der Waals surface area contributed by atoms with Crippen molar-refractivity contribution in [1.82, 2.24) is 5.32 Å². The summed E-state index contributed by atoms with van der Waals surface area (Å²) in [4.78, 5) is 25.9. The van der Waals surface area contributed by atoms with Gasteiger partial charge in [-0.3, -0.25) is 13.9 Å². The lowest BCUT2D eigenvalue weighted by atomic mass is 10.1. The highest BCUT2D eigenvalue weighted by Gasteiger charge is 2.32. The zero-order valence-corrected chi connectivity index (χ0v) is 19.1. The van der Waals surface area contributed by atoms with Gasteiger partial charge in [0.05, 0.1) is 29.3 Å². The number of rotatable bonds is 9. The summed E-state index contributed by atoms with van der Waals surface area (Å²) in [5.41, 5.74) is 1.03. The van der Waals surface area contributed by atoms with Gasteiger partial charge in [-0.2, -0.15) is 0 Å². The highest BCUT2D eigenvalue weighted by Crippen LogP contribution is 2.24. The fourth-order valence-corrected chi connectivity index (χ4v) is 4.96. The van der Waals surface area contributed by atoms with Gasteiger partial charge in [0.1, 0.15) is 6.04 Å². The van der Waals surface area contributed by atoms with Crippen LogP contribution in [0.5, 0.6) is 0 Å². The second-order valence-electron chi connectivity index (χ2n) is 7.70. The van der Waals surface area contributed by atoms with E-state index in [1.165, 1.54) is 0 Å². The molecule has 9 heteroatoms. The molecule has 0 bridgehead atoms. The molecule has 172 valence electrons. The summed E-state index contributed by atoms with van der Waals surface area (Å²) in [6.45, 7) is 2.84. The fraction of sp³-hybridized carbons (Fsp3) is 0.391. The third kappa shape index (κ3) is 5.86. The summed E-state index contributed by atoms with van der Waals surface area (Å²) in [5.74, 6) is -0.839. The van der Waals surface area contributed by atoms with Crippen molar-refractivity contribution in [2.45, 2.75) is 38.3 Å². The van der Waals surface area contributed by atoms with Crippen LogP contribution in [0.4, 0.5) is 11.4 Å². The van der Waals surface area contributed by atoms with E-state index in [1.54, 1.807) is 61.5 Å². The number of sulfonamides is 1. The molecule has 2 aromatic rings. The molecule has 1 heterocycles. The van der Waals surface area contributed by atoms with E-state index in [4.69, 9.17) is 4.74 Å². The molecular formula is C23H29N3O5S. The Morgan fingerprint density at radius 1 is 1.12 bits per heavy atom. The molecule has 0 aliphatic carbocycles. The van der Waals surface area contributed by atoms with E-state index >= 15 is 0 Å². The highest BCUT2D eigenvalue weighted by molar-refractivity contribution is 7.92. The molecule has 1 aliphatic heterocycles. The molecule has 2 aromatic carbocycles. The van der Waals surface area contributed by atoms with Gasteiger partial charge in [-0.1, -0.05) is 37.3 Å². The lowest BCUT2D eigenvalue weighted by molar-refractivity contribution is -0.117. The number of carbonyl (C=O) groups excluding carboxylic acids is 2. The van der Waals surface area contributed by atoms with E-state index in [0.717, 1.165) is 23.4 Å². The summed E-state index contributed by atoms with van der Waals surface area (Å²) < 4.78 is 31.7. The van der Waals surface area contributed by atoms with E-state index in [1.807, 2.05) is 0 Å². The van der Waals surface area contributed by atoms with Crippen molar-refractivity contribution in [3.63, 3.8) is 0 Å². The van der Waals surface area contributed by atoms with Crippen LogP contribution in [0.2, 0.25) is 0 Å². The van der Waals surface area contributed by atoms with Crippen molar-refractivity contribution in [3.05, 3.63) is 60.2 Å². The minimum atomic E-state index is -3.73. The topological polar surface area (TPSA) is 105 Å². The standard InChI is InChI=1S/C23H29N3O5S/c1-3-21(26(32(2,29)30)17-10-5-4-6-11-17)23(28)25-20-14-8-7-13-19(20)22(27)24-16-18-12-9-15-31-18/h4-8,10-11,13-14,18,21H,3,9,12,15-16H2,1-2H3,(H,24,27)(H,25,28). The molecule has 0 saturated carbocycles. The van der Waals surface area contributed by atoms with Gasteiger partial charge < -0.3 is 15.4 Å². The maximum atomic E-state index is 13.2. The minimum Gasteiger partial charge on any atom is -0.376 e. The Kier molecular flexibility index (Phi) is 7.87. The van der Waals surface area contributed by atoms with Crippen molar-refractivity contribution < 1.29 is 22.7 Å². The molecule has 2 unspecified atom stereocenters. The maximum absolute atomic E-state index is 13.2. The number of benzene rings is 2. The van der Waals surface area contributed by atoms with Crippen molar-refractivity contribution in [2.24, 2.45) is 0 Å². The average molecular weight is 460 g/mol. The van der Waals surface area contributed by atoms with E-state index < -0.39 is 22.0 Å². The van der Waals surface area contributed by atoms with Crippen LogP contribution < -0.4 is 14.9 Å². The Balaban J connectivity index is 1.79. The molecular weight excluding hydrogens is 430 g/mol. The van der Waals surface area contributed by atoms with Crippen LogP contribution in [0.25, 0.3) is 0 Å². The summed E-state index contributed by atoms with van der Waals surface area (Å²) >= 11 is 0. The molecule has 2 N–H and O–H groups in total. The van der Waals surface area contributed by atoms with Gasteiger partial charge in [0.25, 0.3) is 5.91 Å². The Morgan fingerprint density at radius 2 is 1.81 bits per heavy atom. The number of anilines is 2. The number of hydrogen-bond acceptors (Lipinski definition) is 5. The normalized spacial score (nSPS) is 16.9. The first-order valence-corrected chi connectivity index (χ1v) is 12.5. The summed E-state index contributed by atoms with van der Waals surface area (Å²) in [5, 5.41) is 5.60. The van der Waals surface area contributed by atoms with E-state index in [9.17, 15) is 18.0 Å². The number of ether oxygens (including phenoxy) is 1. The van der Waals surface area contributed by atoms with Gasteiger partial charge in [-0.15, -0.1) is 0 Å². The number of nitrogens with zero attached hydrogens (tertiary/aromatic N) is 1. The van der Waals surface area contributed by atoms with Gasteiger partial charge in [0.15, 0.2) is 0 Å². The first kappa shape index (κ1) is 23.7. The predicted octanol–water partition coefficient (Wildman–Crippen LogP) is 2.78. The van der Waals surface area contributed by atoms with Gasteiger partial charge in [0, 0.05) is 13.2 Å². The van der Waals surface area contributed by atoms with Gasteiger partial charge >= 0.3 is 0 Å². The molecule has 1 aliphatic rings. The third-order valence-corrected chi connectivity index (χ3v) is 6.46. The van der Waals surface area contributed by atoms with Crippen molar-refractivity contribution in [2.75, 3.05) is 29.0 Å². The summed E-state index contributed by atoms with van der Waals surface area (Å²) in [6.07, 6.45) is 3.20. The fourth-order valence-electron chi connectivity index (χ4n) is 3.75. The maximum Gasteiger partial charge on any atom is 0.253 e. The van der Waals surface area contributed by atoms with E-state index in [0.29, 0.717) is 30.1 Å². The van der Waals surface area contributed by atoms with Crippen LogP contribution >= 0.6 is 0 Å². The predicted molar refractivity (Wildman–Crippen MR) is 124 cm³/mol. The van der Waals surface area contributed by atoms with Crippen molar-refractivity contribution in [1.29, 1.82) is 0 Å². The van der Waals surface area contributed by atoms with Crippen LogP contribution in [0.1, 0.15) is 36.5 Å². The van der Waals surface area contributed by atoms with E-state index in [2.05, 4.69) is 10.6 Å². The summed E-state index contributed by atoms with van der Waals surface area (Å²) in [7, 11) is -3.73. The number of carbonyl (C=O) groups is 2. The Bertz CT molecular complexity index is 1040. The third-order valence-electron chi connectivity index (χ3n) is 5.28. The largest absolute Gasteiger partial charge is 0.376 e. The zero-order valence-electron chi connectivity index (χ0n) is 18.3. The second kappa shape index (κ2) is 10.6. The minimum absolute atomic E-state index is 0.000586. The monoisotopic (exact) mass is 459 g/mol. The van der Waals surface area contributed by atoms with Crippen molar-refractivity contribution >= 4 is 33.2 Å². The number of amides is 2. The smallest absolute Gasteiger partial charge is 0.253 e. The average Bonchev–Trinajstić information content (AvgIpc) is 3.29. The Labute approximate surface area is 189 Å². The SMILES string of the molecule is CCC(C(=O)Nc1ccccc1C(=O)NCC1CCCO1)N(c1ccccc1)S(C)(=O)=O. The van der Waals surface area contributed by atoms with Crippen LogP contribution in [0, 0.1) is 0 Å². The zero-order chi connectivity index (χ0) is 23.1. The lowest BCUT2D eigenvalue weighted by Crippen LogP contribution is -2.47. The lowest BCUT2D eigenvalue weighted by Gasteiger charge is -2.30. The van der Waals surface area contributed by atoms with Crippen molar-refractivity contribution in [3.8, 4) is 0 Å². The van der Waals surface area contributed by atoms with Crippen LogP contribution in [-0.4, -0.2) is 51.8 Å². The van der Waals surface area contributed by atoms with E-state index in [-0.39, 0.29) is 18.4 Å². The number of hydrogen-bond donors (Lipinski definition) is 2. The number of para-hydroxylation sites is 2. The molecule has 0 radical (unpaired) electrons. The molecule has 3 rings (SSSR count). The van der Waals surface area contributed by atoms with Crippen LogP contribution in [0.15, 0.2) is 54.6 Å². The Morgan fingerprint density at radius 3 is 2.44 bits per heavy atom. The quantitative estimate of drug-likeness (QED) is 0.600. The molecule has 8 nitrogen and oxygen atoms in total. The Hall–Kier alpha value is -2.91. The first-order valence-electron chi connectivity index (χ1n) is 10.7. The van der Waals surface area contributed by atoms with Gasteiger partial charge in [0.2, 0.25) is 15.9 Å². The molecule has 2 atom stereocenters. The molecule has 1 fully saturated rings. The van der Waals surface area contributed by atoms with Crippen LogP contribution in [-0.2, 0) is 19.6 Å². The molecule has 32 heavy (non-hydrogen) atoms.